The summed E-state index contributed by atoms with van der Waals surface area (Å²) in [4.78, 5) is 24.6. The molecule has 6 heteroatoms. The zero-order valence-corrected chi connectivity index (χ0v) is 53.6. The number of rotatable bonds is 68. The summed E-state index contributed by atoms with van der Waals surface area (Å²) in [5.41, 5.74) is 0. The fourth-order valence-electron chi connectivity index (χ4n) is 11.5. The third-order valence-corrected chi connectivity index (χ3v) is 17.0. The summed E-state index contributed by atoms with van der Waals surface area (Å²) in [6.07, 6.45) is 86.9. The Balaban J connectivity index is 3.37. The van der Waals surface area contributed by atoms with Gasteiger partial charge >= 0.3 is 5.97 Å². The van der Waals surface area contributed by atoms with Gasteiger partial charge in [-0.1, -0.05) is 359 Å². The van der Waals surface area contributed by atoms with Crippen molar-refractivity contribution in [1.29, 1.82) is 0 Å². The molecule has 468 valence electrons. The van der Waals surface area contributed by atoms with Crippen LogP contribution in [0.15, 0.2) is 24.3 Å². The summed E-state index contributed by atoms with van der Waals surface area (Å²) in [6, 6.07) is -0.627. The molecule has 0 aliphatic carbocycles. The lowest BCUT2D eigenvalue weighted by Gasteiger charge is -2.20. The smallest absolute Gasteiger partial charge is 0.305 e. The standard InChI is InChI=1S/C73H141NO5/c1-3-5-7-9-11-13-15-17-19-21-30-34-37-41-45-49-53-57-61-65-71(76)70(69-75)74-72(77)66-62-58-54-50-46-42-38-35-31-28-26-24-22-23-25-27-29-32-36-40-44-48-52-56-60-64-68-79-73(78)67-63-59-55-51-47-43-39-33-20-18-16-14-12-10-8-6-4-2/h18,20,61,65,70-71,75-76H,3-17,19,21-60,62-64,66-69H2,1-2H3,(H,74,77)/b20-18-,65-61+. The van der Waals surface area contributed by atoms with E-state index in [0.717, 1.165) is 44.9 Å². The number of aliphatic hydroxyl groups is 2. The van der Waals surface area contributed by atoms with Crippen LogP contribution in [-0.2, 0) is 14.3 Å². The van der Waals surface area contributed by atoms with Gasteiger partial charge in [-0.2, -0.15) is 0 Å². The number of carbonyl (C=O) groups is 2. The number of aliphatic hydroxyl groups excluding tert-OH is 2. The quantitative estimate of drug-likeness (QED) is 0.0320. The summed E-state index contributed by atoms with van der Waals surface area (Å²) < 4.78 is 5.50. The lowest BCUT2D eigenvalue weighted by molar-refractivity contribution is -0.143. The molecule has 0 heterocycles. The Morgan fingerprint density at radius 2 is 0.595 bits per heavy atom. The van der Waals surface area contributed by atoms with Crippen molar-refractivity contribution in [2.24, 2.45) is 0 Å². The van der Waals surface area contributed by atoms with E-state index in [9.17, 15) is 19.8 Å². The minimum Gasteiger partial charge on any atom is -0.466 e. The molecule has 79 heavy (non-hydrogen) atoms. The van der Waals surface area contributed by atoms with Gasteiger partial charge in [0.25, 0.3) is 0 Å². The predicted molar refractivity (Wildman–Crippen MR) is 347 cm³/mol. The molecule has 2 unspecified atom stereocenters. The lowest BCUT2D eigenvalue weighted by Crippen LogP contribution is -2.45. The highest BCUT2D eigenvalue weighted by atomic mass is 16.5. The zero-order chi connectivity index (χ0) is 57.1. The molecular formula is C73H141NO5. The van der Waals surface area contributed by atoms with E-state index in [1.165, 1.54) is 334 Å². The average Bonchev–Trinajstić information content (AvgIpc) is 3.45. The van der Waals surface area contributed by atoms with Crippen LogP contribution in [0.1, 0.15) is 406 Å². The first-order valence-electron chi connectivity index (χ1n) is 36.1. The van der Waals surface area contributed by atoms with Gasteiger partial charge in [0, 0.05) is 12.8 Å². The van der Waals surface area contributed by atoms with Crippen LogP contribution in [0.3, 0.4) is 0 Å². The molecule has 0 radical (unpaired) electrons. The number of unbranched alkanes of at least 4 members (excludes halogenated alkanes) is 55. The van der Waals surface area contributed by atoms with Crippen molar-refractivity contribution in [3.05, 3.63) is 24.3 Å². The van der Waals surface area contributed by atoms with Crippen LogP contribution < -0.4 is 5.32 Å². The Bertz CT molecular complexity index is 1230. The lowest BCUT2D eigenvalue weighted by atomic mass is 10.0. The monoisotopic (exact) mass is 1110 g/mol. The summed E-state index contributed by atoms with van der Waals surface area (Å²) in [5, 5.41) is 23.2. The van der Waals surface area contributed by atoms with E-state index >= 15 is 0 Å². The van der Waals surface area contributed by atoms with Crippen molar-refractivity contribution < 1.29 is 24.5 Å². The highest BCUT2D eigenvalue weighted by molar-refractivity contribution is 5.76. The highest BCUT2D eigenvalue weighted by Gasteiger charge is 2.18. The number of ether oxygens (including phenoxy) is 1. The Labute approximate surface area is 494 Å². The number of carbonyl (C=O) groups excluding carboxylic acids is 2. The highest BCUT2D eigenvalue weighted by Crippen LogP contribution is 2.19. The van der Waals surface area contributed by atoms with Crippen LogP contribution in [-0.4, -0.2) is 47.4 Å². The third kappa shape index (κ3) is 65.4. The maximum absolute atomic E-state index is 12.5. The molecule has 0 aliphatic heterocycles. The maximum atomic E-state index is 12.5. The molecule has 0 aliphatic rings. The zero-order valence-electron chi connectivity index (χ0n) is 53.6. The summed E-state index contributed by atoms with van der Waals surface area (Å²) in [5.74, 6) is -0.0475. The van der Waals surface area contributed by atoms with Gasteiger partial charge in [0.15, 0.2) is 0 Å². The van der Waals surface area contributed by atoms with E-state index in [2.05, 4.69) is 31.3 Å². The molecule has 2 atom stereocenters. The van der Waals surface area contributed by atoms with Gasteiger partial charge in [-0.05, 0) is 57.8 Å². The third-order valence-electron chi connectivity index (χ3n) is 17.0. The second kappa shape index (κ2) is 68.8. The number of amides is 1. The first-order chi connectivity index (χ1) is 39.0. The molecule has 0 fully saturated rings. The van der Waals surface area contributed by atoms with Crippen LogP contribution in [0.4, 0.5) is 0 Å². The molecule has 1 amide bonds. The summed E-state index contributed by atoms with van der Waals surface area (Å²) >= 11 is 0. The van der Waals surface area contributed by atoms with Gasteiger partial charge in [0.1, 0.15) is 0 Å². The van der Waals surface area contributed by atoms with Crippen LogP contribution in [0.25, 0.3) is 0 Å². The molecule has 3 N–H and O–H groups in total. The number of esters is 1. The molecule has 0 aromatic carbocycles. The number of hydrogen-bond acceptors (Lipinski definition) is 5. The molecule has 0 spiro atoms. The normalized spacial score (nSPS) is 12.6. The van der Waals surface area contributed by atoms with Gasteiger partial charge in [-0.15, -0.1) is 0 Å². The van der Waals surface area contributed by atoms with E-state index in [1.807, 2.05) is 6.08 Å². The maximum Gasteiger partial charge on any atom is 0.305 e. The van der Waals surface area contributed by atoms with Crippen molar-refractivity contribution in [3.63, 3.8) is 0 Å². The van der Waals surface area contributed by atoms with E-state index in [-0.39, 0.29) is 18.5 Å². The van der Waals surface area contributed by atoms with Crippen molar-refractivity contribution in [2.75, 3.05) is 13.2 Å². The van der Waals surface area contributed by atoms with E-state index in [1.54, 1.807) is 6.08 Å². The molecule has 0 aromatic heterocycles. The average molecular weight is 1110 g/mol. The molecular weight excluding hydrogens is 971 g/mol. The van der Waals surface area contributed by atoms with E-state index < -0.39 is 12.1 Å². The molecule has 0 rings (SSSR count). The van der Waals surface area contributed by atoms with Crippen LogP contribution in [0.2, 0.25) is 0 Å². The molecule has 0 bridgehead atoms. The fraction of sp³-hybridized carbons (Fsp3) is 0.918. The second-order valence-electron chi connectivity index (χ2n) is 24.9. The summed E-state index contributed by atoms with van der Waals surface area (Å²) in [6.45, 7) is 4.94. The van der Waals surface area contributed by atoms with E-state index in [4.69, 9.17) is 4.74 Å². The Kier molecular flexibility index (Phi) is 67.4. The van der Waals surface area contributed by atoms with Gasteiger partial charge in [-0.3, -0.25) is 9.59 Å². The second-order valence-corrected chi connectivity index (χ2v) is 24.9. The SMILES string of the molecule is CCCCCCCC/C=C\CCCCCCCCCC(=O)OCCCCCCCCCCCCCCCCCCCCCCCCCCCCC(=O)NC(CO)C(O)/C=C/CCCCCCCCCCCCCCCCCCC. The number of allylic oxidation sites excluding steroid dienone is 3. The van der Waals surface area contributed by atoms with Crippen molar-refractivity contribution in [2.45, 2.75) is 418 Å². The predicted octanol–water partition coefficient (Wildman–Crippen LogP) is 23.3. The van der Waals surface area contributed by atoms with Gasteiger partial charge < -0.3 is 20.3 Å². The topological polar surface area (TPSA) is 95.9 Å². The minimum atomic E-state index is -0.843. The summed E-state index contributed by atoms with van der Waals surface area (Å²) in [7, 11) is 0. The Hall–Kier alpha value is -1.66. The van der Waals surface area contributed by atoms with Crippen LogP contribution in [0, 0.1) is 0 Å². The largest absolute Gasteiger partial charge is 0.466 e. The number of hydrogen-bond donors (Lipinski definition) is 3. The van der Waals surface area contributed by atoms with Crippen molar-refractivity contribution in [3.8, 4) is 0 Å². The van der Waals surface area contributed by atoms with Crippen LogP contribution >= 0.6 is 0 Å². The van der Waals surface area contributed by atoms with Gasteiger partial charge in [0.2, 0.25) is 5.91 Å². The first kappa shape index (κ1) is 77.3. The van der Waals surface area contributed by atoms with Gasteiger partial charge in [0.05, 0.1) is 25.4 Å². The van der Waals surface area contributed by atoms with Gasteiger partial charge in [-0.25, -0.2) is 0 Å². The van der Waals surface area contributed by atoms with E-state index in [0.29, 0.717) is 19.4 Å². The van der Waals surface area contributed by atoms with Crippen molar-refractivity contribution in [1.82, 2.24) is 5.32 Å². The molecule has 0 saturated heterocycles. The number of nitrogens with one attached hydrogen (secondary N) is 1. The van der Waals surface area contributed by atoms with Crippen molar-refractivity contribution >= 4 is 11.9 Å². The Morgan fingerprint density at radius 3 is 0.899 bits per heavy atom. The molecule has 6 nitrogen and oxygen atoms in total. The van der Waals surface area contributed by atoms with Crippen LogP contribution in [0.5, 0.6) is 0 Å². The fourth-order valence-corrected chi connectivity index (χ4v) is 11.5. The minimum absolute atomic E-state index is 0.0144. The first-order valence-corrected chi connectivity index (χ1v) is 36.1. The molecule has 0 aromatic rings. The molecule has 0 saturated carbocycles. The Morgan fingerprint density at radius 1 is 0.342 bits per heavy atom.